The Hall–Kier alpha value is -1.42. The molecule has 112 valence electrons. The quantitative estimate of drug-likeness (QED) is 0.693. The van der Waals surface area contributed by atoms with Crippen molar-refractivity contribution in [3.05, 3.63) is 51.8 Å². The van der Waals surface area contributed by atoms with Crippen LogP contribution in [0.1, 0.15) is 48.4 Å². The van der Waals surface area contributed by atoms with Gasteiger partial charge in [0, 0.05) is 18.5 Å². The smallest absolute Gasteiger partial charge is 0.162 e. The van der Waals surface area contributed by atoms with Crippen LogP contribution in [0.15, 0.2) is 34.8 Å². The summed E-state index contributed by atoms with van der Waals surface area (Å²) >= 11 is 3.65. The minimum absolute atomic E-state index is 0.213. The molecule has 0 spiro atoms. The van der Waals surface area contributed by atoms with Crippen LogP contribution in [0.25, 0.3) is 0 Å². The van der Waals surface area contributed by atoms with Crippen molar-refractivity contribution in [3.63, 3.8) is 0 Å². The van der Waals surface area contributed by atoms with Gasteiger partial charge in [0.05, 0.1) is 15.9 Å². The summed E-state index contributed by atoms with van der Waals surface area (Å²) in [6.07, 6.45) is 3.22. The number of hydrogen-bond donors (Lipinski definition) is 0. The van der Waals surface area contributed by atoms with Crippen molar-refractivity contribution in [1.82, 2.24) is 9.78 Å². The van der Waals surface area contributed by atoms with Gasteiger partial charge in [-0.25, -0.2) is 0 Å². The summed E-state index contributed by atoms with van der Waals surface area (Å²) in [5.41, 5.74) is 3.10. The first kappa shape index (κ1) is 16.0. The zero-order valence-electron chi connectivity index (χ0n) is 12.6. The van der Waals surface area contributed by atoms with Crippen LogP contribution >= 0.6 is 15.9 Å². The molecule has 2 rings (SSSR count). The summed E-state index contributed by atoms with van der Waals surface area (Å²) in [5, 5.41) is 4.59. The molecule has 4 heteroatoms. The lowest BCUT2D eigenvalue weighted by Crippen LogP contribution is -2.05. The first-order valence-corrected chi connectivity index (χ1v) is 8.29. The van der Waals surface area contributed by atoms with Crippen LogP contribution in [0.4, 0.5) is 0 Å². The molecule has 0 saturated heterocycles. The third kappa shape index (κ3) is 3.82. The van der Waals surface area contributed by atoms with E-state index in [0.29, 0.717) is 6.42 Å². The van der Waals surface area contributed by atoms with Crippen molar-refractivity contribution in [2.45, 2.75) is 46.1 Å². The van der Waals surface area contributed by atoms with Gasteiger partial charge in [0.25, 0.3) is 0 Å². The second-order valence-corrected chi connectivity index (χ2v) is 5.81. The molecule has 0 aliphatic rings. The molecule has 0 bridgehead atoms. The molecule has 0 fully saturated rings. The largest absolute Gasteiger partial charge is 0.294 e. The van der Waals surface area contributed by atoms with Crippen LogP contribution in [0.2, 0.25) is 0 Å². The van der Waals surface area contributed by atoms with Crippen LogP contribution in [-0.2, 0) is 19.4 Å². The Balaban J connectivity index is 1.98. The molecule has 1 heterocycles. The van der Waals surface area contributed by atoms with Crippen molar-refractivity contribution < 1.29 is 4.79 Å². The first-order chi connectivity index (χ1) is 10.2. The molecular weight excluding hydrogens is 328 g/mol. The molecule has 0 radical (unpaired) electrons. The van der Waals surface area contributed by atoms with Gasteiger partial charge < -0.3 is 0 Å². The van der Waals surface area contributed by atoms with Crippen LogP contribution in [-0.4, -0.2) is 15.6 Å². The first-order valence-electron chi connectivity index (χ1n) is 7.49. The number of nitrogens with zero attached hydrogens (tertiary/aromatic N) is 2. The zero-order chi connectivity index (χ0) is 15.2. The number of rotatable bonds is 7. The lowest BCUT2D eigenvalue weighted by Gasteiger charge is -2.05. The summed E-state index contributed by atoms with van der Waals surface area (Å²) in [5.74, 6) is 0.213. The fraction of sp³-hybridized carbons (Fsp3) is 0.412. The van der Waals surface area contributed by atoms with Gasteiger partial charge in [0.1, 0.15) is 0 Å². The van der Waals surface area contributed by atoms with E-state index >= 15 is 0 Å². The molecule has 0 atom stereocenters. The summed E-state index contributed by atoms with van der Waals surface area (Å²) in [4.78, 5) is 12.1. The van der Waals surface area contributed by atoms with E-state index in [4.69, 9.17) is 0 Å². The van der Waals surface area contributed by atoms with Crippen LogP contribution in [0.5, 0.6) is 0 Å². The van der Waals surface area contributed by atoms with Gasteiger partial charge in [-0.1, -0.05) is 37.3 Å². The molecule has 0 unspecified atom stereocenters. The number of aryl methyl sites for hydroxylation is 2. The van der Waals surface area contributed by atoms with E-state index in [1.165, 1.54) is 5.69 Å². The van der Waals surface area contributed by atoms with Gasteiger partial charge in [-0.2, -0.15) is 5.10 Å². The van der Waals surface area contributed by atoms with Crippen LogP contribution in [0, 0.1) is 0 Å². The highest BCUT2D eigenvalue weighted by atomic mass is 79.9. The number of benzene rings is 1. The standard InChI is InChI=1S/C17H21BrN2O/c1-3-14-17(18)15(20(4-2)19-14)11-8-12-16(21)13-9-6-5-7-10-13/h5-7,9-10H,3-4,8,11-12H2,1-2H3. The molecule has 2 aromatic rings. The number of Topliss-reactive ketones (excluding diaryl/α,β-unsaturated/α-hetero) is 1. The zero-order valence-corrected chi connectivity index (χ0v) is 14.2. The number of ketones is 1. The monoisotopic (exact) mass is 348 g/mol. The second kappa shape index (κ2) is 7.55. The molecular formula is C17H21BrN2O. The summed E-state index contributed by atoms with van der Waals surface area (Å²) < 4.78 is 3.15. The number of aromatic nitrogens is 2. The molecule has 0 aliphatic heterocycles. The number of carbonyl (C=O) groups is 1. The van der Waals surface area contributed by atoms with Crippen LogP contribution in [0.3, 0.4) is 0 Å². The van der Waals surface area contributed by atoms with E-state index < -0.39 is 0 Å². The van der Waals surface area contributed by atoms with Gasteiger partial charge in [-0.05, 0) is 42.1 Å². The van der Waals surface area contributed by atoms with Gasteiger partial charge in [-0.3, -0.25) is 9.48 Å². The molecule has 0 N–H and O–H groups in total. The molecule has 1 aromatic heterocycles. The number of hydrogen-bond acceptors (Lipinski definition) is 2. The minimum Gasteiger partial charge on any atom is -0.294 e. The van der Waals surface area contributed by atoms with Crippen molar-refractivity contribution in [3.8, 4) is 0 Å². The third-order valence-corrected chi connectivity index (χ3v) is 4.52. The van der Waals surface area contributed by atoms with E-state index in [1.807, 2.05) is 35.0 Å². The summed E-state index contributed by atoms with van der Waals surface area (Å²) in [6.45, 7) is 5.06. The Kier molecular flexibility index (Phi) is 5.74. The molecule has 0 amide bonds. The molecule has 0 aliphatic carbocycles. The predicted molar refractivity (Wildman–Crippen MR) is 88.7 cm³/mol. The highest BCUT2D eigenvalue weighted by Gasteiger charge is 2.14. The molecule has 1 aromatic carbocycles. The maximum Gasteiger partial charge on any atom is 0.162 e. The van der Waals surface area contributed by atoms with Crippen molar-refractivity contribution >= 4 is 21.7 Å². The van der Waals surface area contributed by atoms with Crippen LogP contribution < -0.4 is 0 Å². The Morgan fingerprint density at radius 1 is 1.24 bits per heavy atom. The minimum atomic E-state index is 0.213. The Bertz CT molecular complexity index is 605. The Morgan fingerprint density at radius 2 is 1.95 bits per heavy atom. The Morgan fingerprint density at radius 3 is 2.57 bits per heavy atom. The second-order valence-electron chi connectivity index (χ2n) is 5.02. The van der Waals surface area contributed by atoms with E-state index in [0.717, 1.165) is 41.5 Å². The fourth-order valence-corrected chi connectivity index (χ4v) is 3.20. The maximum absolute atomic E-state index is 12.1. The lowest BCUT2D eigenvalue weighted by atomic mass is 10.0. The maximum atomic E-state index is 12.1. The van der Waals surface area contributed by atoms with Gasteiger partial charge in [-0.15, -0.1) is 0 Å². The topological polar surface area (TPSA) is 34.9 Å². The molecule has 21 heavy (non-hydrogen) atoms. The normalized spacial score (nSPS) is 10.8. The average Bonchev–Trinajstić information content (AvgIpc) is 2.84. The van der Waals surface area contributed by atoms with E-state index in [-0.39, 0.29) is 5.78 Å². The van der Waals surface area contributed by atoms with E-state index in [2.05, 4.69) is 34.9 Å². The van der Waals surface area contributed by atoms with Crippen molar-refractivity contribution in [2.75, 3.05) is 0 Å². The average molecular weight is 349 g/mol. The predicted octanol–water partition coefficient (Wildman–Crippen LogP) is 4.43. The lowest BCUT2D eigenvalue weighted by molar-refractivity contribution is 0.0980. The van der Waals surface area contributed by atoms with Gasteiger partial charge in [0.2, 0.25) is 0 Å². The van der Waals surface area contributed by atoms with Gasteiger partial charge in [0.15, 0.2) is 5.78 Å². The highest BCUT2D eigenvalue weighted by molar-refractivity contribution is 9.10. The summed E-state index contributed by atoms with van der Waals surface area (Å²) in [6, 6.07) is 9.50. The Labute approximate surface area is 134 Å². The number of carbonyl (C=O) groups excluding carboxylic acids is 1. The van der Waals surface area contributed by atoms with Gasteiger partial charge >= 0.3 is 0 Å². The summed E-state index contributed by atoms with van der Waals surface area (Å²) in [7, 11) is 0. The highest BCUT2D eigenvalue weighted by Crippen LogP contribution is 2.24. The third-order valence-electron chi connectivity index (χ3n) is 3.61. The number of halogens is 1. The SMILES string of the molecule is CCc1nn(CC)c(CCCC(=O)c2ccccc2)c1Br. The van der Waals surface area contributed by atoms with Crippen molar-refractivity contribution in [2.24, 2.45) is 0 Å². The van der Waals surface area contributed by atoms with E-state index in [1.54, 1.807) is 0 Å². The van der Waals surface area contributed by atoms with E-state index in [9.17, 15) is 4.79 Å². The fourth-order valence-electron chi connectivity index (χ4n) is 2.44. The molecule has 3 nitrogen and oxygen atoms in total. The van der Waals surface area contributed by atoms with Crippen molar-refractivity contribution in [1.29, 1.82) is 0 Å². The molecule has 0 saturated carbocycles.